The fourth-order valence-corrected chi connectivity index (χ4v) is 4.45. The van der Waals surface area contributed by atoms with Crippen molar-refractivity contribution in [1.29, 1.82) is 0 Å². The molecule has 3 aromatic rings. The summed E-state index contributed by atoms with van der Waals surface area (Å²) in [7, 11) is -1.60. The molecular weight excluding hydrogens is 392 g/mol. The molecule has 0 spiro atoms. The highest BCUT2D eigenvalue weighted by atomic mass is 32.2. The van der Waals surface area contributed by atoms with Crippen LogP contribution < -0.4 is 4.72 Å². The zero-order chi connectivity index (χ0) is 20.6. The largest absolute Gasteiger partial charge is 0.347 e. The van der Waals surface area contributed by atoms with E-state index < -0.39 is 22.1 Å². The van der Waals surface area contributed by atoms with Crippen LogP contribution in [0.1, 0.15) is 28.8 Å². The Bertz CT molecular complexity index is 1120. The van der Waals surface area contributed by atoms with Gasteiger partial charge in [-0.1, -0.05) is 30.3 Å². The average molecular weight is 414 g/mol. The number of H-pyrrole nitrogens is 1. The van der Waals surface area contributed by atoms with E-state index in [0.29, 0.717) is 23.8 Å². The van der Waals surface area contributed by atoms with E-state index in [0.717, 1.165) is 11.8 Å². The van der Waals surface area contributed by atoms with Crippen molar-refractivity contribution >= 4 is 15.9 Å². The molecule has 2 unspecified atom stereocenters. The van der Waals surface area contributed by atoms with Crippen LogP contribution in [-0.4, -0.2) is 57.8 Å². The summed E-state index contributed by atoms with van der Waals surface area (Å²) >= 11 is 0. The molecule has 0 bridgehead atoms. The molecule has 1 fully saturated rings. The van der Waals surface area contributed by atoms with Crippen molar-refractivity contribution < 1.29 is 13.2 Å². The van der Waals surface area contributed by atoms with Gasteiger partial charge in [0.15, 0.2) is 5.82 Å². The van der Waals surface area contributed by atoms with Crippen LogP contribution in [0.25, 0.3) is 11.4 Å². The van der Waals surface area contributed by atoms with Gasteiger partial charge in [-0.05, 0) is 18.6 Å². The molecule has 9 nitrogen and oxygen atoms in total. The molecule has 1 aromatic carbocycles. The molecule has 0 radical (unpaired) electrons. The van der Waals surface area contributed by atoms with Crippen molar-refractivity contribution in [3.63, 3.8) is 0 Å². The average Bonchev–Trinajstić information content (AvgIpc) is 3.40. The molecule has 1 aliphatic heterocycles. The second kappa shape index (κ2) is 7.45. The van der Waals surface area contributed by atoms with Crippen molar-refractivity contribution in [1.82, 2.24) is 29.4 Å². The number of nitrogens with one attached hydrogen (secondary N) is 2. The number of carbonyl (C=O) groups is 1. The lowest BCUT2D eigenvalue weighted by Gasteiger charge is -2.23. The summed E-state index contributed by atoms with van der Waals surface area (Å²) in [6.07, 6.45) is 3.32. The van der Waals surface area contributed by atoms with E-state index in [4.69, 9.17) is 0 Å². The van der Waals surface area contributed by atoms with Gasteiger partial charge in [0.05, 0.1) is 12.3 Å². The maximum atomic E-state index is 13.2. The molecule has 2 N–H and O–H groups in total. The number of rotatable bonds is 5. The SMILES string of the molecule is Cn1cccc1C(=O)N1CC(NS(C)(=O)=O)CC1c1nc(-c2ccccc2)n[nH]1. The van der Waals surface area contributed by atoms with E-state index in [1.807, 2.05) is 30.3 Å². The minimum atomic E-state index is -3.40. The number of carbonyl (C=O) groups excluding carboxylic acids is 1. The number of aromatic nitrogens is 4. The Morgan fingerprint density at radius 1 is 1.21 bits per heavy atom. The minimum absolute atomic E-state index is 0.182. The molecule has 4 rings (SSSR count). The van der Waals surface area contributed by atoms with Gasteiger partial charge in [-0.25, -0.2) is 18.1 Å². The van der Waals surface area contributed by atoms with E-state index in [2.05, 4.69) is 19.9 Å². The number of benzene rings is 1. The monoisotopic (exact) mass is 414 g/mol. The van der Waals surface area contributed by atoms with Crippen molar-refractivity contribution in [3.8, 4) is 11.4 Å². The third kappa shape index (κ3) is 4.08. The number of nitrogens with zero attached hydrogens (tertiary/aromatic N) is 4. The van der Waals surface area contributed by atoms with E-state index in [1.54, 1.807) is 34.8 Å². The van der Waals surface area contributed by atoms with E-state index in [-0.39, 0.29) is 12.5 Å². The van der Waals surface area contributed by atoms with Gasteiger partial charge >= 0.3 is 0 Å². The summed E-state index contributed by atoms with van der Waals surface area (Å²) in [6.45, 7) is 0.253. The van der Waals surface area contributed by atoms with Gasteiger partial charge in [0.1, 0.15) is 11.5 Å². The van der Waals surface area contributed by atoms with Gasteiger partial charge in [-0.2, -0.15) is 5.10 Å². The minimum Gasteiger partial charge on any atom is -0.347 e. The van der Waals surface area contributed by atoms with Crippen LogP contribution >= 0.6 is 0 Å². The molecule has 2 aromatic heterocycles. The van der Waals surface area contributed by atoms with E-state index in [1.165, 1.54) is 0 Å². The summed E-state index contributed by atoms with van der Waals surface area (Å²) in [5.41, 5.74) is 1.39. The normalized spacial score (nSPS) is 19.6. The molecule has 1 saturated heterocycles. The van der Waals surface area contributed by atoms with Crippen LogP contribution in [0.2, 0.25) is 0 Å². The lowest BCUT2D eigenvalue weighted by Crippen LogP contribution is -2.38. The molecule has 1 amide bonds. The molecule has 2 atom stereocenters. The fraction of sp³-hybridized carbons (Fsp3) is 0.316. The molecule has 0 aliphatic carbocycles. The van der Waals surface area contributed by atoms with Crippen molar-refractivity contribution in [2.75, 3.05) is 12.8 Å². The van der Waals surface area contributed by atoms with Crippen LogP contribution in [0.15, 0.2) is 48.7 Å². The Morgan fingerprint density at radius 2 is 1.97 bits per heavy atom. The predicted octanol–water partition coefficient (Wildman–Crippen LogP) is 1.32. The van der Waals surface area contributed by atoms with Crippen molar-refractivity contribution in [2.45, 2.75) is 18.5 Å². The van der Waals surface area contributed by atoms with Gasteiger partial charge in [-0.15, -0.1) is 0 Å². The number of likely N-dealkylation sites (tertiary alicyclic amines) is 1. The number of hydrogen-bond acceptors (Lipinski definition) is 5. The Kier molecular flexibility index (Phi) is 4.97. The van der Waals surface area contributed by atoms with Crippen molar-refractivity contribution in [3.05, 3.63) is 60.2 Å². The highest BCUT2D eigenvalue weighted by Crippen LogP contribution is 2.32. The van der Waals surface area contributed by atoms with Crippen LogP contribution in [0.4, 0.5) is 0 Å². The summed E-state index contributed by atoms with van der Waals surface area (Å²) in [5.74, 6) is 0.883. The highest BCUT2D eigenvalue weighted by molar-refractivity contribution is 7.88. The van der Waals surface area contributed by atoms with Crippen LogP contribution in [0, 0.1) is 0 Å². The second-order valence-corrected chi connectivity index (χ2v) is 8.99. The summed E-state index contributed by atoms with van der Waals surface area (Å²) < 4.78 is 27.8. The molecule has 152 valence electrons. The number of sulfonamides is 1. The van der Waals surface area contributed by atoms with Gasteiger partial charge in [0.2, 0.25) is 10.0 Å². The molecule has 10 heteroatoms. The first-order chi connectivity index (χ1) is 13.8. The molecule has 3 heterocycles. The van der Waals surface area contributed by atoms with Crippen molar-refractivity contribution in [2.24, 2.45) is 7.05 Å². The Hall–Kier alpha value is -2.98. The summed E-state index contributed by atoms with van der Waals surface area (Å²) in [4.78, 5) is 19.4. The molecule has 0 saturated carbocycles. The Balaban J connectivity index is 1.66. The van der Waals surface area contributed by atoms with Gasteiger partial charge in [-0.3, -0.25) is 9.89 Å². The maximum absolute atomic E-state index is 13.2. The molecular formula is C19H22N6O3S. The smallest absolute Gasteiger partial charge is 0.271 e. The Morgan fingerprint density at radius 3 is 2.62 bits per heavy atom. The third-order valence-electron chi connectivity index (χ3n) is 4.96. The number of aryl methyl sites for hydroxylation is 1. The first-order valence-electron chi connectivity index (χ1n) is 9.19. The standard InChI is InChI=1S/C19H22N6O3S/c1-24-10-6-9-15(24)19(26)25-12-14(23-29(2,27)28)11-16(25)18-20-17(21-22-18)13-7-4-3-5-8-13/h3-10,14,16,23H,11-12H2,1-2H3,(H,20,21,22). The first kappa shape index (κ1) is 19.3. The lowest BCUT2D eigenvalue weighted by molar-refractivity contribution is 0.0718. The highest BCUT2D eigenvalue weighted by Gasteiger charge is 2.40. The van der Waals surface area contributed by atoms with E-state index in [9.17, 15) is 13.2 Å². The number of hydrogen-bond donors (Lipinski definition) is 2. The molecule has 29 heavy (non-hydrogen) atoms. The van der Waals surface area contributed by atoms with Gasteiger partial charge in [0, 0.05) is 31.4 Å². The van der Waals surface area contributed by atoms with Crippen LogP contribution in [0.5, 0.6) is 0 Å². The van der Waals surface area contributed by atoms with E-state index >= 15 is 0 Å². The zero-order valence-corrected chi connectivity index (χ0v) is 16.9. The number of amides is 1. The zero-order valence-electron chi connectivity index (χ0n) is 16.1. The summed E-state index contributed by atoms with van der Waals surface area (Å²) in [5, 5.41) is 7.22. The maximum Gasteiger partial charge on any atom is 0.271 e. The quantitative estimate of drug-likeness (QED) is 0.654. The number of aromatic amines is 1. The van der Waals surface area contributed by atoms with Gasteiger partial charge < -0.3 is 9.47 Å². The second-order valence-electron chi connectivity index (χ2n) is 7.21. The predicted molar refractivity (Wildman–Crippen MR) is 107 cm³/mol. The van der Waals surface area contributed by atoms with Crippen LogP contribution in [0.3, 0.4) is 0 Å². The van der Waals surface area contributed by atoms with Gasteiger partial charge in [0.25, 0.3) is 5.91 Å². The third-order valence-corrected chi connectivity index (χ3v) is 5.72. The van der Waals surface area contributed by atoms with Crippen LogP contribution in [-0.2, 0) is 17.1 Å². The first-order valence-corrected chi connectivity index (χ1v) is 11.1. The fourth-order valence-electron chi connectivity index (χ4n) is 3.68. The Labute approximate surface area is 168 Å². The summed E-state index contributed by atoms with van der Waals surface area (Å²) in [6, 6.07) is 12.3. The topological polar surface area (TPSA) is 113 Å². The lowest BCUT2D eigenvalue weighted by atomic mass is 10.1. The molecule has 1 aliphatic rings.